The molecular formula is C19H26N2O2. The summed E-state index contributed by atoms with van der Waals surface area (Å²) >= 11 is 0. The number of pyridine rings is 1. The number of hydrogen-bond donors (Lipinski definition) is 2. The maximum atomic E-state index is 10.4. The molecule has 4 heteroatoms. The zero-order chi connectivity index (χ0) is 16.8. The number of nitrogens with zero attached hydrogens (tertiary/aromatic N) is 1. The number of ether oxygens (including phenoxy) is 1. The lowest BCUT2D eigenvalue weighted by Gasteiger charge is -2.25. The molecule has 2 unspecified atom stereocenters. The molecule has 1 heterocycles. The summed E-state index contributed by atoms with van der Waals surface area (Å²) in [6.45, 7) is 6.84. The molecular weight excluding hydrogens is 288 g/mol. The zero-order valence-corrected chi connectivity index (χ0v) is 14.3. The van der Waals surface area contributed by atoms with E-state index in [0.29, 0.717) is 12.5 Å². The summed E-state index contributed by atoms with van der Waals surface area (Å²) in [5.41, 5.74) is 3.05. The molecule has 2 atom stereocenters. The first-order valence-electron chi connectivity index (χ1n) is 7.99. The molecule has 2 aromatic rings. The van der Waals surface area contributed by atoms with E-state index in [2.05, 4.69) is 37.1 Å². The zero-order valence-electron chi connectivity index (χ0n) is 14.3. The molecule has 0 bridgehead atoms. The van der Waals surface area contributed by atoms with Gasteiger partial charge in [-0.15, -0.1) is 0 Å². The maximum Gasteiger partial charge on any atom is 0.119 e. The van der Waals surface area contributed by atoms with Crippen molar-refractivity contribution in [2.24, 2.45) is 5.92 Å². The predicted octanol–water partition coefficient (Wildman–Crippen LogP) is 3.42. The van der Waals surface area contributed by atoms with E-state index in [1.807, 2.05) is 36.5 Å². The fraction of sp³-hybridized carbons (Fsp3) is 0.421. The van der Waals surface area contributed by atoms with Gasteiger partial charge in [-0.25, -0.2) is 0 Å². The highest BCUT2D eigenvalue weighted by atomic mass is 16.5. The summed E-state index contributed by atoms with van der Waals surface area (Å²) < 4.78 is 5.21. The van der Waals surface area contributed by atoms with Crippen LogP contribution in [0.25, 0.3) is 0 Å². The van der Waals surface area contributed by atoms with E-state index in [9.17, 15) is 5.11 Å². The summed E-state index contributed by atoms with van der Waals surface area (Å²) in [6, 6.07) is 11.7. The molecule has 4 nitrogen and oxygen atoms in total. The topological polar surface area (TPSA) is 54.4 Å². The number of benzene rings is 1. The van der Waals surface area contributed by atoms with Crippen LogP contribution < -0.4 is 10.1 Å². The quantitative estimate of drug-likeness (QED) is 0.822. The molecule has 0 radical (unpaired) electrons. The van der Waals surface area contributed by atoms with Gasteiger partial charge in [-0.2, -0.15) is 0 Å². The van der Waals surface area contributed by atoms with Crippen LogP contribution in [0.2, 0.25) is 0 Å². The van der Waals surface area contributed by atoms with Crippen molar-refractivity contribution in [2.75, 3.05) is 13.7 Å². The minimum Gasteiger partial charge on any atom is -0.497 e. The van der Waals surface area contributed by atoms with Crippen LogP contribution in [-0.4, -0.2) is 23.7 Å². The molecule has 0 aliphatic rings. The summed E-state index contributed by atoms with van der Waals surface area (Å²) in [4.78, 5) is 4.51. The Kier molecular flexibility index (Phi) is 6.13. The van der Waals surface area contributed by atoms with Crippen LogP contribution >= 0.6 is 0 Å². The van der Waals surface area contributed by atoms with Gasteiger partial charge >= 0.3 is 0 Å². The monoisotopic (exact) mass is 314 g/mol. The Labute approximate surface area is 138 Å². The lowest BCUT2D eigenvalue weighted by atomic mass is 9.97. The molecule has 2 rings (SSSR count). The number of aliphatic hydroxyl groups excluding tert-OH is 1. The average molecular weight is 314 g/mol. The second-order valence-electron chi connectivity index (χ2n) is 6.13. The minimum absolute atomic E-state index is 0.108. The third kappa shape index (κ3) is 4.53. The molecule has 0 saturated heterocycles. The molecule has 1 aromatic carbocycles. The summed E-state index contributed by atoms with van der Waals surface area (Å²) in [5.74, 6) is 1.13. The number of aryl methyl sites for hydroxylation is 1. The maximum absolute atomic E-state index is 10.4. The Morgan fingerprint density at radius 2 is 2.00 bits per heavy atom. The van der Waals surface area contributed by atoms with Crippen LogP contribution in [0.3, 0.4) is 0 Å². The summed E-state index contributed by atoms with van der Waals surface area (Å²) in [5, 5.41) is 13.9. The SMILES string of the molecule is COc1cccc(C(O)CNC(c2ncccc2C)C(C)C)c1. The first-order valence-corrected chi connectivity index (χ1v) is 7.99. The molecule has 1 aromatic heterocycles. The van der Waals surface area contributed by atoms with Crippen molar-refractivity contribution < 1.29 is 9.84 Å². The largest absolute Gasteiger partial charge is 0.497 e. The second-order valence-corrected chi connectivity index (χ2v) is 6.13. The molecule has 23 heavy (non-hydrogen) atoms. The average Bonchev–Trinajstić information content (AvgIpc) is 2.56. The van der Waals surface area contributed by atoms with E-state index in [1.54, 1.807) is 7.11 Å². The van der Waals surface area contributed by atoms with Gasteiger partial charge in [-0.05, 0) is 42.2 Å². The van der Waals surface area contributed by atoms with Gasteiger partial charge in [0.15, 0.2) is 0 Å². The van der Waals surface area contributed by atoms with E-state index < -0.39 is 6.10 Å². The van der Waals surface area contributed by atoms with Crippen molar-refractivity contribution in [3.05, 3.63) is 59.4 Å². The van der Waals surface area contributed by atoms with Gasteiger partial charge in [-0.1, -0.05) is 32.0 Å². The third-order valence-electron chi connectivity index (χ3n) is 4.02. The molecule has 0 fully saturated rings. The molecule has 2 N–H and O–H groups in total. The lowest BCUT2D eigenvalue weighted by Crippen LogP contribution is -2.31. The number of methoxy groups -OCH3 is 1. The Morgan fingerprint density at radius 3 is 2.65 bits per heavy atom. The van der Waals surface area contributed by atoms with Crippen molar-refractivity contribution >= 4 is 0 Å². The van der Waals surface area contributed by atoms with E-state index in [1.165, 1.54) is 0 Å². The van der Waals surface area contributed by atoms with E-state index in [0.717, 1.165) is 22.6 Å². The van der Waals surface area contributed by atoms with E-state index in [-0.39, 0.29) is 6.04 Å². The van der Waals surface area contributed by atoms with Crippen molar-refractivity contribution in [1.82, 2.24) is 10.3 Å². The van der Waals surface area contributed by atoms with Gasteiger partial charge in [0.05, 0.1) is 24.9 Å². The lowest BCUT2D eigenvalue weighted by molar-refractivity contribution is 0.165. The highest BCUT2D eigenvalue weighted by Crippen LogP contribution is 2.24. The molecule has 0 saturated carbocycles. The van der Waals surface area contributed by atoms with Gasteiger partial charge in [0, 0.05) is 12.7 Å². The highest BCUT2D eigenvalue weighted by molar-refractivity contribution is 5.30. The standard InChI is InChI=1S/C19H26N2O2/c1-13(2)18(19-14(3)7-6-10-20-19)21-12-17(22)15-8-5-9-16(11-15)23-4/h5-11,13,17-18,21-22H,12H2,1-4H3. The van der Waals surface area contributed by atoms with Gasteiger partial charge in [0.2, 0.25) is 0 Å². The number of rotatable bonds is 7. The summed E-state index contributed by atoms with van der Waals surface area (Å²) in [7, 11) is 1.63. The number of aliphatic hydroxyl groups is 1. The van der Waals surface area contributed by atoms with E-state index >= 15 is 0 Å². The fourth-order valence-corrected chi connectivity index (χ4v) is 2.68. The Hall–Kier alpha value is -1.91. The number of nitrogens with one attached hydrogen (secondary N) is 1. The van der Waals surface area contributed by atoms with Gasteiger partial charge in [0.25, 0.3) is 0 Å². The second kappa shape index (κ2) is 8.09. The van der Waals surface area contributed by atoms with Crippen molar-refractivity contribution in [2.45, 2.75) is 32.9 Å². The van der Waals surface area contributed by atoms with Gasteiger partial charge < -0.3 is 15.2 Å². The first-order chi connectivity index (χ1) is 11.0. The number of aromatic nitrogens is 1. The molecule has 0 spiro atoms. The first kappa shape index (κ1) is 17.4. The Bertz CT molecular complexity index is 628. The van der Waals surface area contributed by atoms with E-state index in [4.69, 9.17) is 4.74 Å². The van der Waals surface area contributed by atoms with Crippen molar-refractivity contribution in [1.29, 1.82) is 0 Å². The van der Waals surface area contributed by atoms with Crippen LogP contribution in [0.4, 0.5) is 0 Å². The van der Waals surface area contributed by atoms with Crippen LogP contribution in [0.15, 0.2) is 42.6 Å². The van der Waals surface area contributed by atoms with Crippen LogP contribution in [0.5, 0.6) is 5.75 Å². The highest BCUT2D eigenvalue weighted by Gasteiger charge is 2.20. The third-order valence-corrected chi connectivity index (χ3v) is 4.02. The molecule has 124 valence electrons. The van der Waals surface area contributed by atoms with Crippen LogP contribution in [-0.2, 0) is 0 Å². The van der Waals surface area contributed by atoms with Crippen LogP contribution in [0, 0.1) is 12.8 Å². The summed E-state index contributed by atoms with van der Waals surface area (Å²) in [6.07, 6.45) is 1.23. The predicted molar refractivity (Wildman–Crippen MR) is 92.5 cm³/mol. The van der Waals surface area contributed by atoms with Gasteiger partial charge in [-0.3, -0.25) is 4.98 Å². The smallest absolute Gasteiger partial charge is 0.119 e. The van der Waals surface area contributed by atoms with Crippen molar-refractivity contribution in [3.63, 3.8) is 0 Å². The normalized spacial score (nSPS) is 13.8. The minimum atomic E-state index is -0.588. The molecule has 0 aliphatic heterocycles. The Balaban J connectivity index is 2.08. The number of hydrogen-bond acceptors (Lipinski definition) is 4. The van der Waals surface area contributed by atoms with Crippen molar-refractivity contribution in [3.8, 4) is 5.75 Å². The van der Waals surface area contributed by atoms with Gasteiger partial charge in [0.1, 0.15) is 5.75 Å². The molecule has 0 aliphatic carbocycles. The van der Waals surface area contributed by atoms with Crippen LogP contribution in [0.1, 0.15) is 42.8 Å². The fourth-order valence-electron chi connectivity index (χ4n) is 2.68. The Morgan fingerprint density at radius 1 is 1.22 bits per heavy atom. The molecule has 0 amide bonds.